The highest BCUT2D eigenvalue weighted by Crippen LogP contribution is 2.36. The minimum absolute atomic E-state index is 0.0323. The van der Waals surface area contributed by atoms with Crippen molar-refractivity contribution in [3.05, 3.63) is 0 Å². The fourth-order valence-electron chi connectivity index (χ4n) is 3.97. The van der Waals surface area contributed by atoms with Gasteiger partial charge in [-0.2, -0.15) is 0 Å². The summed E-state index contributed by atoms with van der Waals surface area (Å²) in [6.07, 6.45) is 6.08. The third kappa shape index (κ3) is 2.93. The lowest BCUT2D eigenvalue weighted by molar-refractivity contribution is -0.140. The van der Waals surface area contributed by atoms with Gasteiger partial charge in [-0.15, -0.1) is 0 Å². The fourth-order valence-corrected chi connectivity index (χ4v) is 3.97. The van der Waals surface area contributed by atoms with E-state index in [1.54, 1.807) is 0 Å². The first-order valence-corrected chi connectivity index (χ1v) is 8.21. The Morgan fingerprint density at radius 3 is 2.48 bits per heavy atom. The molecule has 3 aliphatic rings. The number of carbonyl (C=O) groups is 2. The summed E-state index contributed by atoms with van der Waals surface area (Å²) in [6.45, 7) is 5.11. The van der Waals surface area contributed by atoms with Crippen molar-refractivity contribution in [1.82, 2.24) is 10.2 Å². The summed E-state index contributed by atoms with van der Waals surface area (Å²) >= 11 is 0. The van der Waals surface area contributed by atoms with Gasteiger partial charge < -0.3 is 15.0 Å². The summed E-state index contributed by atoms with van der Waals surface area (Å²) in [5.41, 5.74) is -0.476. The van der Waals surface area contributed by atoms with Crippen LogP contribution in [-0.2, 0) is 14.3 Å². The van der Waals surface area contributed by atoms with Crippen molar-refractivity contribution < 1.29 is 14.3 Å². The second kappa shape index (κ2) is 5.59. The molecule has 0 atom stereocenters. The van der Waals surface area contributed by atoms with Crippen LogP contribution >= 0.6 is 0 Å². The van der Waals surface area contributed by atoms with E-state index in [9.17, 15) is 9.59 Å². The Morgan fingerprint density at radius 2 is 1.81 bits per heavy atom. The first-order chi connectivity index (χ1) is 10.0. The molecule has 0 unspecified atom stereocenters. The van der Waals surface area contributed by atoms with Crippen LogP contribution in [0.5, 0.6) is 0 Å². The number of hydrogen-bond donors (Lipinski definition) is 1. The zero-order valence-electron chi connectivity index (χ0n) is 13.0. The molecule has 21 heavy (non-hydrogen) atoms. The molecule has 0 aromatic heterocycles. The Morgan fingerprint density at radius 1 is 1.14 bits per heavy atom. The van der Waals surface area contributed by atoms with Crippen molar-refractivity contribution in [2.75, 3.05) is 26.3 Å². The van der Waals surface area contributed by atoms with E-state index in [0.717, 1.165) is 58.3 Å². The topological polar surface area (TPSA) is 58.6 Å². The molecule has 0 bridgehead atoms. The third-order valence-electron chi connectivity index (χ3n) is 5.41. The Hall–Kier alpha value is -1.10. The predicted molar refractivity (Wildman–Crippen MR) is 78.7 cm³/mol. The zero-order chi connectivity index (χ0) is 14.9. The second-order valence-electron chi connectivity index (χ2n) is 7.24. The average Bonchev–Trinajstić information content (AvgIpc) is 2.89. The van der Waals surface area contributed by atoms with Crippen LogP contribution in [0.1, 0.15) is 51.9 Å². The van der Waals surface area contributed by atoms with Crippen LogP contribution in [0.15, 0.2) is 0 Å². The van der Waals surface area contributed by atoms with Gasteiger partial charge in [0.1, 0.15) is 5.54 Å². The van der Waals surface area contributed by atoms with Crippen LogP contribution < -0.4 is 5.32 Å². The molecule has 1 N–H and O–H groups in total. The van der Waals surface area contributed by atoms with Crippen LogP contribution in [0.3, 0.4) is 0 Å². The molecule has 1 saturated carbocycles. The molecule has 2 saturated heterocycles. The van der Waals surface area contributed by atoms with E-state index < -0.39 is 5.54 Å². The average molecular weight is 294 g/mol. The summed E-state index contributed by atoms with van der Waals surface area (Å²) in [5.74, 6) is 0.184. The van der Waals surface area contributed by atoms with Gasteiger partial charge in [0, 0.05) is 32.7 Å². The van der Waals surface area contributed by atoms with Gasteiger partial charge in [0.25, 0.3) is 0 Å². The molecule has 2 aliphatic heterocycles. The highest BCUT2D eigenvalue weighted by Gasteiger charge is 2.47. The van der Waals surface area contributed by atoms with Crippen molar-refractivity contribution in [1.29, 1.82) is 0 Å². The Kier molecular flexibility index (Phi) is 3.95. The summed E-state index contributed by atoms with van der Waals surface area (Å²) in [4.78, 5) is 27.0. The van der Waals surface area contributed by atoms with Gasteiger partial charge in [0.15, 0.2) is 0 Å². The van der Waals surface area contributed by atoms with Gasteiger partial charge in [0.05, 0.1) is 0 Å². The molecule has 3 rings (SSSR count). The quantitative estimate of drug-likeness (QED) is 0.839. The van der Waals surface area contributed by atoms with Gasteiger partial charge in [-0.1, -0.05) is 19.8 Å². The Labute approximate surface area is 126 Å². The molecular formula is C16H26N2O3. The normalized spacial score (nSPS) is 28.5. The molecule has 3 fully saturated rings. The zero-order valence-corrected chi connectivity index (χ0v) is 13.0. The monoisotopic (exact) mass is 294 g/mol. The molecule has 2 amide bonds. The van der Waals surface area contributed by atoms with Crippen molar-refractivity contribution in [3.63, 3.8) is 0 Å². The van der Waals surface area contributed by atoms with E-state index in [1.165, 1.54) is 0 Å². The summed E-state index contributed by atoms with van der Waals surface area (Å²) in [5, 5.41) is 3.03. The van der Waals surface area contributed by atoms with E-state index in [0.29, 0.717) is 13.0 Å². The van der Waals surface area contributed by atoms with Crippen molar-refractivity contribution in [2.45, 2.75) is 57.4 Å². The molecule has 1 aliphatic carbocycles. The number of ether oxygens (including phenoxy) is 1. The maximum absolute atomic E-state index is 13.0. The van der Waals surface area contributed by atoms with E-state index in [1.807, 2.05) is 4.90 Å². The summed E-state index contributed by atoms with van der Waals surface area (Å²) in [6, 6.07) is 0. The predicted octanol–water partition coefficient (Wildman–Crippen LogP) is 1.46. The Balaban J connectivity index is 1.77. The van der Waals surface area contributed by atoms with Crippen molar-refractivity contribution >= 4 is 11.8 Å². The lowest BCUT2D eigenvalue weighted by atomic mass is 9.81. The molecule has 5 nitrogen and oxygen atoms in total. The largest absolute Gasteiger partial charge is 0.381 e. The van der Waals surface area contributed by atoms with Gasteiger partial charge >= 0.3 is 0 Å². The highest BCUT2D eigenvalue weighted by atomic mass is 16.5. The minimum Gasteiger partial charge on any atom is -0.381 e. The number of carbonyl (C=O) groups excluding carboxylic acids is 2. The van der Waals surface area contributed by atoms with E-state index in [2.05, 4.69) is 12.2 Å². The molecule has 0 aromatic carbocycles. The van der Waals surface area contributed by atoms with Crippen LogP contribution in [0.2, 0.25) is 0 Å². The molecular weight excluding hydrogens is 268 g/mol. The first-order valence-electron chi connectivity index (χ1n) is 8.21. The number of hydrogen-bond acceptors (Lipinski definition) is 3. The molecule has 5 heteroatoms. The van der Waals surface area contributed by atoms with Crippen LogP contribution in [0.4, 0.5) is 0 Å². The Bertz CT molecular complexity index is 423. The maximum Gasteiger partial charge on any atom is 0.248 e. The van der Waals surface area contributed by atoms with Crippen molar-refractivity contribution in [3.8, 4) is 0 Å². The van der Waals surface area contributed by atoms with Gasteiger partial charge in [-0.05, 0) is 31.1 Å². The van der Waals surface area contributed by atoms with Gasteiger partial charge in [-0.25, -0.2) is 0 Å². The van der Waals surface area contributed by atoms with Crippen molar-refractivity contribution in [2.24, 2.45) is 5.41 Å². The molecule has 2 heterocycles. The molecule has 1 spiro atoms. The third-order valence-corrected chi connectivity index (χ3v) is 5.41. The minimum atomic E-state index is -0.602. The number of amides is 2. The van der Waals surface area contributed by atoms with Gasteiger partial charge in [-0.3, -0.25) is 9.59 Å². The van der Waals surface area contributed by atoms with Gasteiger partial charge in [0.2, 0.25) is 11.8 Å². The lowest BCUT2D eigenvalue weighted by Crippen LogP contribution is -2.56. The molecule has 0 aromatic rings. The fraction of sp³-hybridized carbons (Fsp3) is 0.875. The van der Waals surface area contributed by atoms with Crippen LogP contribution in [0.25, 0.3) is 0 Å². The molecule has 118 valence electrons. The van der Waals surface area contributed by atoms with Crippen LogP contribution in [0, 0.1) is 5.41 Å². The second-order valence-corrected chi connectivity index (χ2v) is 7.24. The lowest BCUT2D eigenvalue weighted by Gasteiger charge is -2.40. The molecule has 0 radical (unpaired) electrons. The smallest absolute Gasteiger partial charge is 0.248 e. The first kappa shape index (κ1) is 14.8. The van der Waals surface area contributed by atoms with E-state index in [4.69, 9.17) is 4.74 Å². The summed E-state index contributed by atoms with van der Waals surface area (Å²) < 4.78 is 5.45. The van der Waals surface area contributed by atoms with E-state index >= 15 is 0 Å². The summed E-state index contributed by atoms with van der Waals surface area (Å²) in [7, 11) is 0. The highest BCUT2D eigenvalue weighted by molar-refractivity contribution is 5.93. The standard InChI is InChI=1S/C16H26N2O3/c1-15(7-10-21-11-8-15)12-18-9-4-13(19)17-16(14(18)20)5-2-3-6-16/h2-12H2,1H3,(H,17,19). The SMILES string of the molecule is CC1(CN2CCC(=O)NC3(CCCC3)C2=O)CCOCC1. The van der Waals surface area contributed by atoms with Crippen LogP contribution in [-0.4, -0.2) is 48.6 Å². The maximum atomic E-state index is 13.0. The number of nitrogens with one attached hydrogen (secondary N) is 1. The number of nitrogens with zero attached hydrogens (tertiary/aromatic N) is 1. The van der Waals surface area contributed by atoms with E-state index in [-0.39, 0.29) is 17.2 Å². The number of rotatable bonds is 2.